The van der Waals surface area contributed by atoms with E-state index in [-0.39, 0.29) is 5.91 Å². The van der Waals surface area contributed by atoms with E-state index in [1.54, 1.807) is 36.6 Å². The lowest BCUT2D eigenvalue weighted by atomic mass is 10.1. The zero-order valence-electron chi connectivity index (χ0n) is 17.1. The lowest BCUT2D eigenvalue weighted by Crippen LogP contribution is -2.33. The molecule has 0 saturated heterocycles. The highest BCUT2D eigenvalue weighted by Crippen LogP contribution is 2.25. The van der Waals surface area contributed by atoms with E-state index < -0.39 is 0 Å². The first kappa shape index (κ1) is 20.7. The molecule has 2 heterocycles. The van der Waals surface area contributed by atoms with E-state index >= 15 is 0 Å². The Balaban J connectivity index is 1.65. The van der Waals surface area contributed by atoms with Crippen LogP contribution in [0.1, 0.15) is 12.6 Å². The van der Waals surface area contributed by atoms with Gasteiger partial charge in [-0.15, -0.1) is 0 Å². The Hall–Kier alpha value is -3.99. The monoisotopic (exact) mass is 402 g/mol. The van der Waals surface area contributed by atoms with Gasteiger partial charge in [0.1, 0.15) is 17.5 Å². The summed E-state index contributed by atoms with van der Waals surface area (Å²) in [6.07, 6.45) is 4.88. The lowest BCUT2D eigenvalue weighted by molar-refractivity contribution is -0.127. The number of likely N-dealkylation sites (N-methyl/N-ethyl adjacent to an activating group) is 2. The maximum absolute atomic E-state index is 11.3. The van der Waals surface area contributed by atoms with Crippen molar-refractivity contribution >= 4 is 11.7 Å². The molecule has 0 bridgehead atoms. The number of nitriles is 1. The summed E-state index contributed by atoms with van der Waals surface area (Å²) in [6.45, 7) is 2.75. The molecule has 3 rings (SSSR count). The van der Waals surface area contributed by atoms with Crippen LogP contribution in [0.15, 0.2) is 55.0 Å². The summed E-state index contributed by atoms with van der Waals surface area (Å²) in [5, 5.41) is 8.85. The van der Waals surface area contributed by atoms with Crippen LogP contribution >= 0.6 is 0 Å². The van der Waals surface area contributed by atoms with Crippen LogP contribution < -0.4 is 9.64 Å². The summed E-state index contributed by atoms with van der Waals surface area (Å²) in [5.74, 6) is 1.69. The third-order valence-electron chi connectivity index (χ3n) is 4.59. The first-order valence-electron chi connectivity index (χ1n) is 9.35. The predicted molar refractivity (Wildman–Crippen MR) is 113 cm³/mol. The number of hydrogen-bond acceptors (Lipinski definition) is 7. The van der Waals surface area contributed by atoms with Gasteiger partial charge in [-0.05, 0) is 29.8 Å². The summed E-state index contributed by atoms with van der Waals surface area (Å²) >= 11 is 0. The molecule has 0 spiro atoms. The number of nitrogens with zero attached hydrogens (tertiary/aromatic N) is 6. The minimum atomic E-state index is 0.0202. The molecule has 152 valence electrons. The number of hydrogen-bond donors (Lipinski definition) is 0. The number of anilines is 1. The summed E-state index contributed by atoms with van der Waals surface area (Å²) in [7, 11) is 3.65. The van der Waals surface area contributed by atoms with Crippen LogP contribution in [-0.2, 0) is 4.79 Å². The third-order valence-corrected chi connectivity index (χ3v) is 4.59. The third kappa shape index (κ3) is 5.29. The Labute approximate surface area is 175 Å². The molecule has 2 aromatic heterocycles. The SMILES string of the molecule is CC(=O)N(C)CCN(C)c1cncc(Oc2ccc(-c3ccc(C#N)nc3)cc2)n1. The molecular weight excluding hydrogens is 380 g/mol. The summed E-state index contributed by atoms with van der Waals surface area (Å²) in [5.41, 5.74) is 2.27. The number of rotatable bonds is 7. The van der Waals surface area contributed by atoms with Crippen molar-refractivity contribution in [2.24, 2.45) is 0 Å². The summed E-state index contributed by atoms with van der Waals surface area (Å²) in [4.78, 5) is 27.7. The first-order valence-corrected chi connectivity index (χ1v) is 9.35. The molecule has 0 aliphatic rings. The molecule has 3 aromatic rings. The number of amides is 1. The van der Waals surface area contributed by atoms with E-state index in [0.29, 0.717) is 36.2 Å². The van der Waals surface area contributed by atoms with E-state index in [0.717, 1.165) is 11.1 Å². The van der Waals surface area contributed by atoms with Crippen LogP contribution in [0, 0.1) is 11.3 Å². The molecule has 1 amide bonds. The number of aromatic nitrogens is 3. The van der Waals surface area contributed by atoms with Gasteiger partial charge in [-0.2, -0.15) is 10.2 Å². The quantitative estimate of drug-likeness (QED) is 0.599. The van der Waals surface area contributed by atoms with E-state index in [1.165, 1.54) is 6.92 Å². The molecule has 30 heavy (non-hydrogen) atoms. The van der Waals surface area contributed by atoms with Gasteiger partial charge in [0.2, 0.25) is 11.8 Å². The number of pyridine rings is 1. The zero-order valence-corrected chi connectivity index (χ0v) is 17.1. The molecule has 8 heteroatoms. The highest BCUT2D eigenvalue weighted by atomic mass is 16.5. The van der Waals surface area contributed by atoms with E-state index in [9.17, 15) is 4.79 Å². The Morgan fingerprint density at radius 3 is 2.40 bits per heavy atom. The molecule has 0 radical (unpaired) electrons. The molecule has 0 aliphatic heterocycles. The van der Waals surface area contributed by atoms with Crippen LogP contribution in [-0.4, -0.2) is 52.9 Å². The number of ether oxygens (including phenoxy) is 1. The fourth-order valence-corrected chi connectivity index (χ4v) is 2.61. The lowest BCUT2D eigenvalue weighted by Gasteiger charge is -2.22. The summed E-state index contributed by atoms with van der Waals surface area (Å²) < 4.78 is 5.84. The normalized spacial score (nSPS) is 10.2. The second kappa shape index (κ2) is 9.47. The molecule has 0 saturated carbocycles. The number of carbonyl (C=O) groups is 1. The second-order valence-corrected chi connectivity index (χ2v) is 6.75. The van der Waals surface area contributed by atoms with E-state index in [2.05, 4.69) is 15.0 Å². The molecule has 0 N–H and O–H groups in total. The smallest absolute Gasteiger partial charge is 0.239 e. The van der Waals surface area contributed by atoms with E-state index in [4.69, 9.17) is 10.00 Å². The molecule has 8 nitrogen and oxygen atoms in total. The molecular formula is C22H22N6O2. The van der Waals surface area contributed by atoms with Crippen LogP contribution in [0.3, 0.4) is 0 Å². The van der Waals surface area contributed by atoms with Gasteiger partial charge < -0.3 is 14.5 Å². The number of benzene rings is 1. The minimum Gasteiger partial charge on any atom is -0.437 e. The predicted octanol–water partition coefficient (Wildman–Crippen LogP) is 3.12. The molecule has 0 fully saturated rings. The van der Waals surface area contributed by atoms with Gasteiger partial charge in [0, 0.05) is 45.9 Å². The zero-order chi connectivity index (χ0) is 21.5. The van der Waals surface area contributed by atoms with Crippen molar-refractivity contribution < 1.29 is 9.53 Å². The van der Waals surface area contributed by atoms with Crippen molar-refractivity contribution in [3.05, 3.63) is 60.7 Å². The van der Waals surface area contributed by atoms with Crippen molar-refractivity contribution in [3.63, 3.8) is 0 Å². The first-order chi connectivity index (χ1) is 14.5. The second-order valence-electron chi connectivity index (χ2n) is 6.75. The average molecular weight is 402 g/mol. The Bertz CT molecular complexity index is 1040. The molecule has 1 aromatic carbocycles. The van der Waals surface area contributed by atoms with Gasteiger partial charge in [-0.25, -0.2) is 4.98 Å². The van der Waals surface area contributed by atoms with Crippen LogP contribution in [0.5, 0.6) is 11.6 Å². The summed E-state index contributed by atoms with van der Waals surface area (Å²) in [6, 6.07) is 13.1. The Morgan fingerprint density at radius 1 is 1.03 bits per heavy atom. The van der Waals surface area contributed by atoms with Gasteiger partial charge in [0.05, 0.1) is 12.4 Å². The Morgan fingerprint density at radius 2 is 1.77 bits per heavy atom. The topological polar surface area (TPSA) is 95.2 Å². The van der Waals surface area contributed by atoms with Gasteiger partial charge in [0.15, 0.2) is 5.82 Å². The van der Waals surface area contributed by atoms with E-state index in [1.807, 2.05) is 48.3 Å². The van der Waals surface area contributed by atoms with Crippen molar-refractivity contribution in [3.8, 4) is 28.8 Å². The standard InChI is InChI=1S/C22H22N6O2/c1-16(29)27(2)10-11-28(3)21-14-24-15-22(26-21)30-20-8-5-17(6-9-20)18-4-7-19(12-23)25-13-18/h4-9,13-15H,10-11H2,1-3H3. The molecule has 0 atom stereocenters. The van der Waals surface area contributed by atoms with Crippen molar-refractivity contribution in [2.75, 3.05) is 32.1 Å². The van der Waals surface area contributed by atoms with Gasteiger partial charge >= 0.3 is 0 Å². The van der Waals surface area contributed by atoms with Crippen LogP contribution in [0.4, 0.5) is 5.82 Å². The molecule has 0 unspecified atom stereocenters. The fourth-order valence-electron chi connectivity index (χ4n) is 2.61. The highest BCUT2D eigenvalue weighted by molar-refractivity contribution is 5.72. The van der Waals surface area contributed by atoms with Gasteiger partial charge in [0.25, 0.3) is 0 Å². The average Bonchev–Trinajstić information content (AvgIpc) is 2.78. The van der Waals surface area contributed by atoms with Gasteiger partial charge in [-0.3, -0.25) is 9.78 Å². The van der Waals surface area contributed by atoms with Crippen molar-refractivity contribution in [1.29, 1.82) is 5.26 Å². The Kier molecular flexibility index (Phi) is 6.55. The number of carbonyl (C=O) groups excluding carboxylic acids is 1. The fraction of sp³-hybridized carbons (Fsp3) is 0.227. The minimum absolute atomic E-state index is 0.0202. The van der Waals surface area contributed by atoms with Crippen LogP contribution in [0.25, 0.3) is 11.1 Å². The maximum atomic E-state index is 11.3. The van der Waals surface area contributed by atoms with Crippen LogP contribution in [0.2, 0.25) is 0 Å². The highest BCUT2D eigenvalue weighted by Gasteiger charge is 2.09. The largest absolute Gasteiger partial charge is 0.437 e. The van der Waals surface area contributed by atoms with Gasteiger partial charge in [-0.1, -0.05) is 12.1 Å². The van der Waals surface area contributed by atoms with Crippen molar-refractivity contribution in [1.82, 2.24) is 19.9 Å². The maximum Gasteiger partial charge on any atom is 0.239 e. The molecule has 0 aliphatic carbocycles. The van der Waals surface area contributed by atoms with Crippen molar-refractivity contribution in [2.45, 2.75) is 6.92 Å².